The number of nitrogen functional groups attached to an aromatic ring is 1. The molecule has 0 bridgehead atoms. The average molecular weight is 136 g/mol. The van der Waals surface area contributed by atoms with Crippen molar-refractivity contribution in [3.63, 3.8) is 0 Å². The average Bonchev–Trinajstić information content (AvgIpc) is 2.33. The molecule has 0 fully saturated rings. The van der Waals surface area contributed by atoms with Gasteiger partial charge < -0.3 is 10.5 Å². The maximum atomic E-state index is 5.44. The predicted octanol–water partition coefficient (Wildman–Crippen LogP) is 0.599. The monoisotopic (exact) mass is 136 g/mol. The van der Waals surface area contributed by atoms with Gasteiger partial charge in [0.2, 0.25) is 5.88 Å². The first-order chi connectivity index (χ1) is 4.86. The van der Waals surface area contributed by atoms with Gasteiger partial charge in [-0.2, -0.15) is 4.98 Å². The molecule has 0 aliphatic carbocycles. The van der Waals surface area contributed by atoms with Gasteiger partial charge >= 0.3 is 0 Å². The zero-order valence-corrected chi connectivity index (χ0v) is 5.50. The van der Waals surface area contributed by atoms with Crippen molar-refractivity contribution in [2.75, 3.05) is 12.3 Å². The van der Waals surface area contributed by atoms with Crippen molar-refractivity contribution in [2.24, 2.45) is 0 Å². The lowest BCUT2D eigenvalue weighted by atomic mass is 10.2. The summed E-state index contributed by atoms with van der Waals surface area (Å²) in [5.41, 5.74) is 6.60. The Morgan fingerprint density at radius 2 is 2.40 bits per heavy atom. The van der Waals surface area contributed by atoms with Crippen LogP contribution in [-0.4, -0.2) is 11.6 Å². The molecule has 0 aromatic carbocycles. The van der Waals surface area contributed by atoms with Crippen LogP contribution < -0.4 is 10.5 Å². The molecule has 3 heteroatoms. The van der Waals surface area contributed by atoms with Crippen molar-refractivity contribution in [1.82, 2.24) is 4.98 Å². The summed E-state index contributed by atoms with van der Waals surface area (Å²) in [6.45, 7) is 0.742. The normalized spacial score (nSPS) is 14.4. The summed E-state index contributed by atoms with van der Waals surface area (Å²) in [6.07, 6.45) is 0.961. The van der Waals surface area contributed by atoms with E-state index in [0.717, 1.165) is 18.6 Å². The Morgan fingerprint density at radius 1 is 1.50 bits per heavy atom. The van der Waals surface area contributed by atoms with E-state index in [0.29, 0.717) is 11.7 Å². The van der Waals surface area contributed by atoms with Gasteiger partial charge in [0.05, 0.1) is 6.61 Å². The van der Waals surface area contributed by atoms with Gasteiger partial charge in [0, 0.05) is 12.0 Å². The number of anilines is 1. The lowest BCUT2D eigenvalue weighted by molar-refractivity contribution is 0.345. The molecule has 0 saturated heterocycles. The van der Waals surface area contributed by atoms with Crippen LogP contribution >= 0.6 is 0 Å². The van der Waals surface area contributed by atoms with E-state index < -0.39 is 0 Å². The van der Waals surface area contributed by atoms with Crippen molar-refractivity contribution < 1.29 is 4.74 Å². The molecule has 0 saturated carbocycles. The van der Waals surface area contributed by atoms with E-state index in [1.807, 2.05) is 6.07 Å². The zero-order chi connectivity index (χ0) is 6.97. The van der Waals surface area contributed by atoms with Crippen LogP contribution in [0, 0.1) is 0 Å². The number of rotatable bonds is 0. The molecule has 0 radical (unpaired) electrons. The summed E-state index contributed by atoms with van der Waals surface area (Å²) in [6, 6.07) is 3.76. The van der Waals surface area contributed by atoms with E-state index in [1.165, 1.54) is 0 Å². The molecule has 3 nitrogen and oxygen atoms in total. The third-order valence-corrected chi connectivity index (χ3v) is 1.57. The fourth-order valence-corrected chi connectivity index (χ4v) is 1.06. The van der Waals surface area contributed by atoms with Crippen LogP contribution in [0.25, 0.3) is 0 Å². The lowest BCUT2D eigenvalue weighted by Gasteiger charge is -1.96. The lowest BCUT2D eigenvalue weighted by Crippen LogP contribution is -1.92. The van der Waals surface area contributed by atoms with Crippen molar-refractivity contribution in [3.05, 3.63) is 17.7 Å². The molecule has 1 aliphatic heterocycles. The maximum Gasteiger partial charge on any atom is 0.218 e. The first-order valence-electron chi connectivity index (χ1n) is 3.24. The minimum Gasteiger partial charge on any atom is -0.477 e. The van der Waals surface area contributed by atoms with Gasteiger partial charge in [0.15, 0.2) is 0 Å². The summed E-state index contributed by atoms with van der Waals surface area (Å²) in [4.78, 5) is 4.01. The third-order valence-electron chi connectivity index (χ3n) is 1.57. The number of nitrogens with zero attached hydrogens (tertiary/aromatic N) is 1. The van der Waals surface area contributed by atoms with Crippen molar-refractivity contribution in [3.8, 4) is 5.88 Å². The smallest absolute Gasteiger partial charge is 0.218 e. The number of fused-ring (bicyclic) bond motifs is 1. The Bertz CT molecular complexity index is 260. The Balaban J connectivity index is 2.52. The summed E-state index contributed by atoms with van der Waals surface area (Å²) >= 11 is 0. The van der Waals surface area contributed by atoms with Crippen LogP contribution in [0.5, 0.6) is 5.88 Å². The highest BCUT2D eigenvalue weighted by molar-refractivity contribution is 5.39. The minimum atomic E-state index is 0.528. The molecule has 1 aromatic rings. The number of hydrogen-bond acceptors (Lipinski definition) is 3. The Kier molecular flexibility index (Phi) is 1.03. The zero-order valence-electron chi connectivity index (χ0n) is 5.50. The van der Waals surface area contributed by atoms with Gasteiger partial charge in [-0.3, -0.25) is 0 Å². The van der Waals surface area contributed by atoms with Crippen LogP contribution in [0.15, 0.2) is 12.1 Å². The Labute approximate surface area is 58.8 Å². The quantitative estimate of drug-likeness (QED) is 0.568. The molecule has 1 aliphatic rings. The van der Waals surface area contributed by atoms with Crippen molar-refractivity contribution in [1.29, 1.82) is 0 Å². The topological polar surface area (TPSA) is 48.1 Å². The van der Waals surface area contributed by atoms with Gasteiger partial charge in [0.1, 0.15) is 5.82 Å². The minimum absolute atomic E-state index is 0.528. The van der Waals surface area contributed by atoms with E-state index in [9.17, 15) is 0 Å². The van der Waals surface area contributed by atoms with E-state index in [1.54, 1.807) is 6.07 Å². The van der Waals surface area contributed by atoms with Crippen LogP contribution in [-0.2, 0) is 6.42 Å². The van der Waals surface area contributed by atoms with Gasteiger partial charge in [-0.25, -0.2) is 0 Å². The van der Waals surface area contributed by atoms with Gasteiger partial charge in [-0.1, -0.05) is 0 Å². The molecule has 0 atom stereocenters. The van der Waals surface area contributed by atoms with Gasteiger partial charge in [0.25, 0.3) is 0 Å². The first kappa shape index (κ1) is 5.53. The largest absolute Gasteiger partial charge is 0.477 e. The van der Waals surface area contributed by atoms with Gasteiger partial charge in [-0.05, 0) is 12.1 Å². The number of nitrogens with two attached hydrogens (primary N) is 1. The molecule has 2 heterocycles. The molecule has 2 rings (SSSR count). The number of hydrogen-bond donors (Lipinski definition) is 1. The summed E-state index contributed by atoms with van der Waals surface area (Å²) < 4.78 is 5.19. The van der Waals surface area contributed by atoms with E-state index >= 15 is 0 Å². The SMILES string of the molecule is Nc1ccc2c(n1)OCC2. The standard InChI is InChI=1S/C7H8N2O/c8-6-2-1-5-3-4-10-7(5)9-6/h1-2H,3-4H2,(H2,8,9). The number of ether oxygens (including phenoxy) is 1. The van der Waals surface area contributed by atoms with Gasteiger partial charge in [-0.15, -0.1) is 0 Å². The molecule has 0 amide bonds. The maximum absolute atomic E-state index is 5.44. The molecule has 10 heavy (non-hydrogen) atoms. The number of aromatic nitrogens is 1. The summed E-state index contributed by atoms with van der Waals surface area (Å²) in [5, 5.41) is 0. The second kappa shape index (κ2) is 1.87. The fourth-order valence-electron chi connectivity index (χ4n) is 1.06. The van der Waals surface area contributed by atoms with Crippen molar-refractivity contribution in [2.45, 2.75) is 6.42 Å². The molecular formula is C7H8N2O. The molecule has 1 aromatic heterocycles. The van der Waals surface area contributed by atoms with Crippen molar-refractivity contribution >= 4 is 5.82 Å². The summed E-state index contributed by atoms with van der Waals surface area (Å²) in [5.74, 6) is 1.24. The fraction of sp³-hybridized carbons (Fsp3) is 0.286. The molecule has 0 spiro atoms. The van der Waals surface area contributed by atoms with E-state index in [-0.39, 0.29) is 0 Å². The first-order valence-corrected chi connectivity index (χ1v) is 3.24. The van der Waals surface area contributed by atoms with E-state index in [4.69, 9.17) is 10.5 Å². The predicted molar refractivity (Wildman–Crippen MR) is 37.8 cm³/mol. The van der Waals surface area contributed by atoms with Crippen LogP contribution in [0.2, 0.25) is 0 Å². The highest BCUT2D eigenvalue weighted by Crippen LogP contribution is 2.22. The Hall–Kier alpha value is -1.25. The Morgan fingerprint density at radius 3 is 3.30 bits per heavy atom. The molecule has 2 N–H and O–H groups in total. The number of pyridine rings is 1. The third kappa shape index (κ3) is 0.708. The second-order valence-electron chi connectivity index (χ2n) is 2.30. The van der Waals surface area contributed by atoms with Crippen LogP contribution in [0.3, 0.4) is 0 Å². The van der Waals surface area contributed by atoms with Crippen LogP contribution in [0.1, 0.15) is 5.56 Å². The molecular weight excluding hydrogens is 128 g/mol. The summed E-state index contributed by atoms with van der Waals surface area (Å²) in [7, 11) is 0. The van der Waals surface area contributed by atoms with E-state index in [2.05, 4.69) is 4.98 Å². The highest BCUT2D eigenvalue weighted by atomic mass is 16.5. The second-order valence-corrected chi connectivity index (χ2v) is 2.30. The van der Waals surface area contributed by atoms with Crippen LogP contribution in [0.4, 0.5) is 5.82 Å². The molecule has 52 valence electrons. The molecule has 0 unspecified atom stereocenters. The highest BCUT2D eigenvalue weighted by Gasteiger charge is 2.12.